The van der Waals surface area contributed by atoms with Gasteiger partial charge >= 0.3 is 5.69 Å². The van der Waals surface area contributed by atoms with Crippen LogP contribution in [0.4, 0.5) is 5.82 Å². The van der Waals surface area contributed by atoms with E-state index in [4.69, 9.17) is 4.74 Å². The summed E-state index contributed by atoms with van der Waals surface area (Å²) in [5.41, 5.74) is 1.14. The normalized spacial score (nSPS) is 20.5. The van der Waals surface area contributed by atoms with E-state index < -0.39 is 23.1 Å². The number of hydrogen-bond acceptors (Lipinski definition) is 6. The number of aromatic nitrogens is 2. The summed E-state index contributed by atoms with van der Waals surface area (Å²) in [6.45, 7) is 0.625. The minimum Gasteiger partial charge on any atom is -0.383 e. The third kappa shape index (κ3) is 3.47. The molecule has 29 heavy (non-hydrogen) atoms. The molecule has 1 aromatic heterocycles. The van der Waals surface area contributed by atoms with Gasteiger partial charge in [-0.3, -0.25) is 19.1 Å². The minimum atomic E-state index is -0.490. The van der Waals surface area contributed by atoms with Crippen molar-refractivity contribution in [2.24, 2.45) is 5.92 Å². The SMILES string of the molecule is COCCn1c2c(c(=O)[nH]c1=O)[C@@H](c1ccc(SC)cc1)[C@@H]1C(=O)CCC=C1N2. The molecule has 2 heterocycles. The van der Waals surface area contributed by atoms with Gasteiger partial charge in [0.05, 0.1) is 24.6 Å². The molecule has 0 bridgehead atoms. The molecular formula is C21H23N3O4S. The Balaban J connectivity index is 1.96. The number of rotatable bonds is 5. The van der Waals surface area contributed by atoms with Gasteiger partial charge in [-0.1, -0.05) is 18.2 Å². The van der Waals surface area contributed by atoms with Crippen LogP contribution in [0, 0.1) is 5.92 Å². The first-order valence-corrected chi connectivity index (χ1v) is 10.8. The van der Waals surface area contributed by atoms with Crippen molar-refractivity contribution >= 4 is 23.4 Å². The molecule has 0 saturated carbocycles. The maximum absolute atomic E-state index is 12.9. The lowest BCUT2D eigenvalue weighted by molar-refractivity contribution is -0.122. The molecule has 0 saturated heterocycles. The molecule has 0 unspecified atom stereocenters. The molecule has 8 heteroatoms. The fourth-order valence-electron chi connectivity index (χ4n) is 4.20. The summed E-state index contributed by atoms with van der Waals surface area (Å²) in [6.07, 6.45) is 5.10. The average molecular weight is 413 g/mol. The molecular weight excluding hydrogens is 390 g/mol. The second-order valence-corrected chi connectivity index (χ2v) is 8.06. The van der Waals surface area contributed by atoms with E-state index in [2.05, 4.69) is 10.3 Å². The summed E-state index contributed by atoms with van der Waals surface area (Å²) in [4.78, 5) is 41.8. The fourth-order valence-corrected chi connectivity index (χ4v) is 4.61. The highest BCUT2D eigenvalue weighted by Gasteiger charge is 2.42. The van der Waals surface area contributed by atoms with E-state index in [1.165, 1.54) is 4.57 Å². The van der Waals surface area contributed by atoms with E-state index in [1.54, 1.807) is 18.9 Å². The number of nitrogens with zero attached hydrogens (tertiary/aromatic N) is 1. The second kappa shape index (κ2) is 8.04. The molecule has 2 N–H and O–H groups in total. The Kier molecular flexibility index (Phi) is 5.47. The molecule has 152 valence electrons. The Morgan fingerprint density at radius 1 is 1.17 bits per heavy atom. The first kappa shape index (κ1) is 19.7. The van der Waals surface area contributed by atoms with Gasteiger partial charge in [0.2, 0.25) is 0 Å². The first-order valence-electron chi connectivity index (χ1n) is 9.54. The fraction of sp³-hybridized carbons (Fsp3) is 0.381. The van der Waals surface area contributed by atoms with Gasteiger partial charge in [0.25, 0.3) is 5.56 Å². The van der Waals surface area contributed by atoms with Gasteiger partial charge in [-0.2, -0.15) is 0 Å². The van der Waals surface area contributed by atoms with E-state index in [0.29, 0.717) is 37.4 Å². The van der Waals surface area contributed by atoms with Gasteiger partial charge < -0.3 is 10.1 Å². The Bertz CT molecular complexity index is 1080. The van der Waals surface area contributed by atoms with Crippen molar-refractivity contribution in [2.75, 3.05) is 25.3 Å². The molecule has 0 amide bonds. The minimum absolute atomic E-state index is 0.105. The van der Waals surface area contributed by atoms with Crippen LogP contribution in [0.15, 0.2) is 50.5 Å². The highest BCUT2D eigenvalue weighted by Crippen LogP contribution is 2.45. The van der Waals surface area contributed by atoms with Crippen LogP contribution >= 0.6 is 11.8 Å². The molecule has 1 aromatic carbocycles. The topological polar surface area (TPSA) is 93.2 Å². The number of hydrogen-bond donors (Lipinski definition) is 2. The van der Waals surface area contributed by atoms with Crippen LogP contribution in [0.2, 0.25) is 0 Å². The number of allylic oxidation sites excluding steroid dienone is 2. The number of carbonyl (C=O) groups excluding carboxylic acids is 1. The molecule has 2 atom stereocenters. The van der Waals surface area contributed by atoms with Gasteiger partial charge in [0.1, 0.15) is 11.6 Å². The van der Waals surface area contributed by atoms with Gasteiger partial charge in [-0.15, -0.1) is 11.8 Å². The number of carbonyl (C=O) groups is 1. The van der Waals surface area contributed by atoms with Crippen LogP contribution in [0.5, 0.6) is 0 Å². The third-order valence-corrected chi connectivity index (χ3v) is 6.32. The maximum atomic E-state index is 12.9. The number of Topliss-reactive ketones (excluding diaryl/α,β-unsaturated/α-hetero) is 1. The number of thioether (sulfide) groups is 1. The average Bonchev–Trinajstić information content (AvgIpc) is 2.72. The number of ketones is 1. The lowest BCUT2D eigenvalue weighted by atomic mass is 9.72. The molecule has 4 rings (SSSR count). The molecule has 2 aliphatic rings. The van der Waals surface area contributed by atoms with Gasteiger partial charge in [-0.25, -0.2) is 4.79 Å². The van der Waals surface area contributed by atoms with Crippen molar-refractivity contribution in [1.29, 1.82) is 0 Å². The number of benzene rings is 1. The first-order chi connectivity index (χ1) is 14.0. The van der Waals surface area contributed by atoms with E-state index in [9.17, 15) is 14.4 Å². The van der Waals surface area contributed by atoms with Crippen molar-refractivity contribution in [3.8, 4) is 0 Å². The number of aromatic amines is 1. The Morgan fingerprint density at radius 3 is 2.62 bits per heavy atom. The Labute approximate surface area is 172 Å². The molecule has 0 spiro atoms. The van der Waals surface area contributed by atoms with Crippen LogP contribution < -0.4 is 16.6 Å². The lowest BCUT2D eigenvalue weighted by Gasteiger charge is -2.38. The zero-order valence-corrected chi connectivity index (χ0v) is 17.2. The number of fused-ring (bicyclic) bond motifs is 2. The van der Waals surface area contributed by atoms with Crippen molar-refractivity contribution in [3.05, 3.63) is 68.0 Å². The zero-order valence-electron chi connectivity index (χ0n) is 16.4. The molecule has 7 nitrogen and oxygen atoms in total. The summed E-state index contributed by atoms with van der Waals surface area (Å²) in [6, 6.07) is 7.92. The highest BCUT2D eigenvalue weighted by atomic mass is 32.2. The Hall–Kier alpha value is -2.58. The predicted octanol–water partition coefficient (Wildman–Crippen LogP) is 2.33. The quantitative estimate of drug-likeness (QED) is 0.731. The van der Waals surface area contributed by atoms with Crippen LogP contribution in [-0.2, 0) is 16.1 Å². The van der Waals surface area contributed by atoms with Gasteiger partial charge in [0.15, 0.2) is 0 Å². The van der Waals surface area contributed by atoms with Crippen LogP contribution in [0.25, 0.3) is 0 Å². The summed E-state index contributed by atoms with van der Waals surface area (Å²) < 4.78 is 6.62. The van der Waals surface area contributed by atoms with Crippen LogP contribution in [0.1, 0.15) is 29.9 Å². The van der Waals surface area contributed by atoms with Crippen LogP contribution in [-0.4, -0.2) is 35.3 Å². The molecule has 0 fully saturated rings. The highest BCUT2D eigenvalue weighted by molar-refractivity contribution is 7.98. The number of methoxy groups -OCH3 is 1. The predicted molar refractivity (Wildman–Crippen MR) is 113 cm³/mol. The van der Waals surface area contributed by atoms with E-state index in [0.717, 1.165) is 16.2 Å². The summed E-state index contributed by atoms with van der Waals surface area (Å²) in [5.74, 6) is -0.342. The maximum Gasteiger partial charge on any atom is 0.330 e. The van der Waals surface area contributed by atoms with E-state index in [1.807, 2.05) is 36.6 Å². The Morgan fingerprint density at radius 2 is 1.93 bits per heavy atom. The summed E-state index contributed by atoms with van der Waals surface area (Å²) in [5, 5.41) is 3.23. The zero-order chi connectivity index (χ0) is 20.5. The number of H-pyrrole nitrogens is 1. The summed E-state index contributed by atoms with van der Waals surface area (Å²) >= 11 is 1.63. The molecule has 1 aliphatic carbocycles. The number of nitrogens with one attached hydrogen (secondary N) is 2. The van der Waals surface area contributed by atoms with E-state index >= 15 is 0 Å². The van der Waals surface area contributed by atoms with Crippen molar-refractivity contribution in [3.63, 3.8) is 0 Å². The number of ether oxygens (including phenoxy) is 1. The molecule has 2 aromatic rings. The standard InChI is InChI=1S/C21H23N3O4S/c1-28-11-10-24-19-18(20(26)23-21(24)27)16(12-6-8-13(29-2)9-7-12)17-14(22-19)4-3-5-15(17)25/h4,6-9,16-17,22H,3,5,10-11H2,1-2H3,(H,23,26,27)/t16-,17-/m0/s1. The smallest absolute Gasteiger partial charge is 0.330 e. The molecule has 0 radical (unpaired) electrons. The largest absolute Gasteiger partial charge is 0.383 e. The number of anilines is 1. The van der Waals surface area contributed by atoms with Gasteiger partial charge in [-0.05, 0) is 30.4 Å². The third-order valence-electron chi connectivity index (χ3n) is 5.57. The van der Waals surface area contributed by atoms with Crippen LogP contribution in [0.3, 0.4) is 0 Å². The summed E-state index contributed by atoms with van der Waals surface area (Å²) in [7, 11) is 1.56. The van der Waals surface area contributed by atoms with Crippen molar-refractivity contribution < 1.29 is 9.53 Å². The monoisotopic (exact) mass is 413 g/mol. The van der Waals surface area contributed by atoms with Crippen molar-refractivity contribution in [2.45, 2.75) is 30.2 Å². The molecule has 1 aliphatic heterocycles. The van der Waals surface area contributed by atoms with Crippen molar-refractivity contribution in [1.82, 2.24) is 9.55 Å². The lowest BCUT2D eigenvalue weighted by Crippen LogP contribution is -2.44. The second-order valence-electron chi connectivity index (χ2n) is 7.18. The van der Waals surface area contributed by atoms with E-state index in [-0.39, 0.29) is 5.78 Å². The van der Waals surface area contributed by atoms with Gasteiger partial charge in [0, 0.05) is 30.0 Å².